The minimum atomic E-state index is -0.299. The SMILES string of the molecule is COc1ccc(-c2noc(-c3ccc(=O)n(CC(=O)N4CCN(c5ccc(F)cc5)CC4)c3)n2)cc1. The zero-order valence-corrected chi connectivity index (χ0v) is 19.6. The molecule has 2 aromatic carbocycles. The predicted octanol–water partition coefficient (Wildman–Crippen LogP) is 3.06. The van der Waals surface area contributed by atoms with E-state index in [4.69, 9.17) is 9.26 Å². The summed E-state index contributed by atoms with van der Waals surface area (Å²) in [6.45, 7) is 2.19. The summed E-state index contributed by atoms with van der Waals surface area (Å²) in [7, 11) is 1.59. The fourth-order valence-electron chi connectivity index (χ4n) is 4.09. The van der Waals surface area contributed by atoms with E-state index in [9.17, 15) is 14.0 Å². The molecule has 5 rings (SSSR count). The molecule has 0 radical (unpaired) electrons. The molecule has 4 aromatic rings. The Kier molecular flexibility index (Phi) is 6.48. The average Bonchev–Trinajstić information content (AvgIpc) is 3.41. The number of pyridine rings is 1. The van der Waals surface area contributed by atoms with Gasteiger partial charge in [-0.2, -0.15) is 4.98 Å². The van der Waals surface area contributed by atoms with Gasteiger partial charge in [0.2, 0.25) is 11.7 Å². The first-order valence-corrected chi connectivity index (χ1v) is 11.5. The molecule has 1 aliphatic heterocycles. The normalized spacial score (nSPS) is 13.6. The number of halogens is 1. The Balaban J connectivity index is 1.25. The van der Waals surface area contributed by atoms with Crippen molar-refractivity contribution in [3.8, 4) is 28.6 Å². The number of hydrogen-bond donors (Lipinski definition) is 0. The second kappa shape index (κ2) is 10.0. The van der Waals surface area contributed by atoms with Crippen LogP contribution in [0.25, 0.3) is 22.8 Å². The minimum absolute atomic E-state index is 0.0945. The minimum Gasteiger partial charge on any atom is -0.497 e. The van der Waals surface area contributed by atoms with E-state index in [0.29, 0.717) is 37.6 Å². The number of methoxy groups -OCH3 is 1. The van der Waals surface area contributed by atoms with Gasteiger partial charge in [0.1, 0.15) is 18.1 Å². The Morgan fingerprint density at radius 2 is 1.67 bits per heavy atom. The Bertz CT molecular complexity index is 1410. The van der Waals surface area contributed by atoms with Gasteiger partial charge in [-0.15, -0.1) is 0 Å². The molecule has 36 heavy (non-hydrogen) atoms. The van der Waals surface area contributed by atoms with Crippen molar-refractivity contribution in [1.82, 2.24) is 19.6 Å². The van der Waals surface area contributed by atoms with Crippen LogP contribution in [0.5, 0.6) is 5.75 Å². The average molecular weight is 490 g/mol. The number of piperazine rings is 1. The van der Waals surface area contributed by atoms with Crippen molar-refractivity contribution in [3.63, 3.8) is 0 Å². The first-order valence-electron chi connectivity index (χ1n) is 11.5. The number of aromatic nitrogens is 3. The van der Waals surface area contributed by atoms with Crippen LogP contribution in [0.4, 0.5) is 10.1 Å². The molecule has 1 fully saturated rings. The molecule has 0 saturated carbocycles. The third-order valence-corrected chi connectivity index (χ3v) is 6.13. The highest BCUT2D eigenvalue weighted by atomic mass is 19.1. The number of benzene rings is 2. The van der Waals surface area contributed by atoms with Gasteiger partial charge in [-0.1, -0.05) is 5.16 Å². The molecule has 1 saturated heterocycles. The second-order valence-corrected chi connectivity index (χ2v) is 8.38. The summed E-state index contributed by atoms with van der Waals surface area (Å²) in [5.41, 5.74) is 1.91. The molecule has 184 valence electrons. The molecule has 2 aromatic heterocycles. The van der Waals surface area contributed by atoms with Crippen molar-refractivity contribution in [1.29, 1.82) is 0 Å². The second-order valence-electron chi connectivity index (χ2n) is 8.38. The van der Waals surface area contributed by atoms with Crippen molar-refractivity contribution < 1.29 is 18.4 Å². The van der Waals surface area contributed by atoms with Crippen LogP contribution in [0.1, 0.15) is 0 Å². The van der Waals surface area contributed by atoms with Gasteiger partial charge in [-0.3, -0.25) is 9.59 Å². The lowest BCUT2D eigenvalue weighted by atomic mass is 10.2. The number of amides is 1. The Morgan fingerprint density at radius 1 is 0.972 bits per heavy atom. The Morgan fingerprint density at radius 3 is 2.36 bits per heavy atom. The summed E-state index contributed by atoms with van der Waals surface area (Å²) >= 11 is 0. The summed E-state index contributed by atoms with van der Waals surface area (Å²) in [6, 6.07) is 16.5. The van der Waals surface area contributed by atoms with Gasteiger partial charge in [-0.25, -0.2) is 4.39 Å². The zero-order valence-electron chi connectivity index (χ0n) is 19.6. The fourth-order valence-corrected chi connectivity index (χ4v) is 4.09. The lowest BCUT2D eigenvalue weighted by Gasteiger charge is -2.36. The van der Waals surface area contributed by atoms with Crippen LogP contribution < -0.4 is 15.2 Å². The molecule has 1 aliphatic rings. The highest BCUT2D eigenvalue weighted by molar-refractivity contribution is 5.76. The molecule has 0 N–H and O–H groups in total. The van der Waals surface area contributed by atoms with E-state index in [2.05, 4.69) is 15.0 Å². The van der Waals surface area contributed by atoms with Crippen LogP contribution in [0.15, 0.2) is 76.2 Å². The third-order valence-electron chi connectivity index (χ3n) is 6.13. The Hall–Kier alpha value is -4.47. The Labute approximate surface area is 206 Å². The zero-order chi connectivity index (χ0) is 25.1. The van der Waals surface area contributed by atoms with Gasteiger partial charge in [0.15, 0.2) is 0 Å². The van der Waals surface area contributed by atoms with E-state index >= 15 is 0 Å². The van der Waals surface area contributed by atoms with Crippen molar-refractivity contribution in [2.75, 3.05) is 38.2 Å². The summed E-state index contributed by atoms with van der Waals surface area (Å²) in [5, 5.41) is 4.03. The lowest BCUT2D eigenvalue weighted by Crippen LogP contribution is -2.50. The topological polar surface area (TPSA) is 93.7 Å². The van der Waals surface area contributed by atoms with Gasteiger partial charge in [-0.05, 0) is 54.6 Å². The molecule has 0 bridgehead atoms. The van der Waals surface area contributed by atoms with Gasteiger partial charge >= 0.3 is 0 Å². The van der Waals surface area contributed by atoms with Crippen molar-refractivity contribution >= 4 is 11.6 Å². The molecule has 0 unspecified atom stereocenters. The predicted molar refractivity (Wildman–Crippen MR) is 131 cm³/mol. The van der Waals surface area contributed by atoms with Crippen molar-refractivity contribution in [2.24, 2.45) is 0 Å². The van der Waals surface area contributed by atoms with E-state index < -0.39 is 0 Å². The van der Waals surface area contributed by atoms with Crippen LogP contribution in [-0.4, -0.2) is 58.8 Å². The molecule has 0 spiro atoms. The highest BCUT2D eigenvalue weighted by Gasteiger charge is 2.22. The number of ether oxygens (including phenoxy) is 1. The maximum Gasteiger partial charge on any atom is 0.259 e. The third kappa shape index (κ3) is 4.97. The quantitative estimate of drug-likeness (QED) is 0.411. The molecule has 9 nitrogen and oxygen atoms in total. The van der Waals surface area contributed by atoms with Gasteiger partial charge in [0, 0.05) is 49.7 Å². The number of nitrogens with zero attached hydrogens (tertiary/aromatic N) is 5. The molecule has 1 amide bonds. The van der Waals surface area contributed by atoms with E-state index in [0.717, 1.165) is 17.0 Å². The molecule has 3 heterocycles. The van der Waals surface area contributed by atoms with E-state index in [-0.39, 0.29) is 29.7 Å². The van der Waals surface area contributed by atoms with Crippen LogP contribution >= 0.6 is 0 Å². The molecule has 0 aliphatic carbocycles. The summed E-state index contributed by atoms with van der Waals surface area (Å²) in [6.07, 6.45) is 1.56. The summed E-state index contributed by atoms with van der Waals surface area (Å²) < 4.78 is 25.1. The number of rotatable bonds is 6. The first-order chi connectivity index (χ1) is 17.5. The summed E-state index contributed by atoms with van der Waals surface area (Å²) in [4.78, 5) is 33.6. The van der Waals surface area contributed by atoms with Crippen LogP contribution in [0.3, 0.4) is 0 Å². The van der Waals surface area contributed by atoms with Gasteiger partial charge in [0.05, 0.1) is 12.7 Å². The largest absolute Gasteiger partial charge is 0.497 e. The molecule has 0 atom stereocenters. The van der Waals surface area contributed by atoms with Crippen LogP contribution in [0.2, 0.25) is 0 Å². The fraction of sp³-hybridized carbons (Fsp3) is 0.231. The number of carbonyl (C=O) groups is 1. The number of carbonyl (C=O) groups excluding carboxylic acids is 1. The van der Waals surface area contributed by atoms with Gasteiger partial charge < -0.3 is 23.6 Å². The summed E-state index contributed by atoms with van der Waals surface area (Å²) in [5.74, 6) is 0.932. The molecular weight excluding hydrogens is 465 g/mol. The number of hydrogen-bond acceptors (Lipinski definition) is 7. The first kappa shape index (κ1) is 23.3. The van der Waals surface area contributed by atoms with Crippen LogP contribution in [0, 0.1) is 5.82 Å². The smallest absolute Gasteiger partial charge is 0.259 e. The maximum atomic E-state index is 13.2. The van der Waals surface area contributed by atoms with E-state index in [1.54, 1.807) is 48.5 Å². The van der Waals surface area contributed by atoms with E-state index in [1.165, 1.54) is 22.8 Å². The highest BCUT2D eigenvalue weighted by Crippen LogP contribution is 2.23. The molecular formula is C26H24FN5O4. The standard InChI is InChI=1S/C26H24FN5O4/c1-35-22-9-2-18(3-10-22)25-28-26(36-29-25)19-4-11-23(33)32(16-19)17-24(34)31-14-12-30(13-15-31)21-7-5-20(27)6-8-21/h2-11,16H,12-15,17H2,1H3. The van der Waals surface area contributed by atoms with E-state index in [1.807, 2.05) is 12.1 Å². The number of anilines is 1. The lowest BCUT2D eigenvalue weighted by molar-refractivity contribution is -0.132. The van der Waals surface area contributed by atoms with Crippen molar-refractivity contribution in [3.05, 3.63) is 83.0 Å². The maximum absolute atomic E-state index is 13.2. The van der Waals surface area contributed by atoms with Crippen LogP contribution in [-0.2, 0) is 11.3 Å². The molecule has 10 heteroatoms. The monoisotopic (exact) mass is 489 g/mol. The van der Waals surface area contributed by atoms with Crippen molar-refractivity contribution in [2.45, 2.75) is 6.54 Å². The van der Waals surface area contributed by atoms with Gasteiger partial charge in [0.25, 0.3) is 11.4 Å².